The van der Waals surface area contributed by atoms with E-state index in [1.807, 2.05) is 23.7 Å². The van der Waals surface area contributed by atoms with Crippen molar-refractivity contribution in [3.05, 3.63) is 29.8 Å². The van der Waals surface area contributed by atoms with Crippen LogP contribution in [0.1, 0.15) is 39.2 Å². The Kier molecular flexibility index (Phi) is 6.07. The zero-order valence-corrected chi connectivity index (χ0v) is 18.0. The molecule has 7 nitrogen and oxygen atoms in total. The van der Waals surface area contributed by atoms with Crippen LogP contribution in [0.15, 0.2) is 24.3 Å². The Balaban J connectivity index is 1.80. The Hall–Kier alpha value is -2.67. The first kappa shape index (κ1) is 21.0. The van der Waals surface area contributed by atoms with Crippen molar-refractivity contribution in [1.29, 1.82) is 0 Å². The predicted octanol–water partition coefficient (Wildman–Crippen LogP) is 2.56. The van der Waals surface area contributed by atoms with Gasteiger partial charge in [-0.25, -0.2) is 0 Å². The van der Waals surface area contributed by atoms with Crippen LogP contribution in [0.3, 0.4) is 0 Å². The summed E-state index contributed by atoms with van der Waals surface area (Å²) >= 11 is 0. The first-order valence-corrected chi connectivity index (χ1v) is 10.1. The van der Waals surface area contributed by atoms with Crippen molar-refractivity contribution in [3.8, 4) is 0 Å². The summed E-state index contributed by atoms with van der Waals surface area (Å²) in [5, 5.41) is 7.88. The van der Waals surface area contributed by atoms with Crippen LogP contribution in [0.25, 0.3) is 16.5 Å². The molecule has 1 aromatic carbocycles. The van der Waals surface area contributed by atoms with Crippen molar-refractivity contribution in [1.82, 2.24) is 20.0 Å². The third kappa shape index (κ3) is 4.67. The second-order valence-corrected chi connectivity index (χ2v) is 8.63. The summed E-state index contributed by atoms with van der Waals surface area (Å²) < 4.78 is 1.89. The lowest BCUT2D eigenvalue weighted by Crippen LogP contribution is -2.43. The van der Waals surface area contributed by atoms with Crippen LogP contribution in [0, 0.1) is 0 Å². The minimum absolute atomic E-state index is 0.191. The molecule has 1 aliphatic heterocycles. The van der Waals surface area contributed by atoms with E-state index in [1.165, 1.54) is 11.1 Å². The fraction of sp³-hybridized carbons (Fsp3) is 0.500. The number of aromatic nitrogens is 2. The van der Waals surface area contributed by atoms with Gasteiger partial charge in [-0.05, 0) is 50.5 Å². The lowest BCUT2D eigenvalue weighted by molar-refractivity contribution is -0.125. The van der Waals surface area contributed by atoms with E-state index in [-0.39, 0.29) is 17.9 Å². The Morgan fingerprint density at radius 3 is 2.72 bits per heavy atom. The summed E-state index contributed by atoms with van der Waals surface area (Å²) in [6.07, 6.45) is 4.04. The van der Waals surface area contributed by atoms with Crippen molar-refractivity contribution in [2.45, 2.75) is 39.2 Å². The highest BCUT2D eigenvalue weighted by Gasteiger charge is 2.23. The Morgan fingerprint density at radius 1 is 1.34 bits per heavy atom. The highest BCUT2D eigenvalue weighted by Crippen LogP contribution is 2.31. The first-order valence-electron chi connectivity index (χ1n) is 10.1. The summed E-state index contributed by atoms with van der Waals surface area (Å²) in [4.78, 5) is 26.4. The number of imide groups is 1. The van der Waals surface area contributed by atoms with Gasteiger partial charge in [0.2, 0.25) is 12.3 Å². The molecule has 1 aliphatic rings. The molecule has 0 unspecified atom stereocenters. The van der Waals surface area contributed by atoms with E-state index in [1.54, 1.807) is 0 Å². The SMILES string of the molecule is CN(CCC(=O)NC=O)c1nn(C)c2cc(C3=CCN(C(C)(C)C)CC3)ccc12. The van der Waals surface area contributed by atoms with Gasteiger partial charge < -0.3 is 4.90 Å². The van der Waals surface area contributed by atoms with Crippen LogP contribution in [-0.4, -0.2) is 59.2 Å². The summed E-state index contributed by atoms with van der Waals surface area (Å²) in [5.74, 6) is 0.549. The second kappa shape index (κ2) is 8.37. The molecule has 0 bridgehead atoms. The molecule has 0 saturated heterocycles. The van der Waals surface area contributed by atoms with Crippen LogP contribution in [0.4, 0.5) is 5.82 Å². The molecule has 0 spiro atoms. The summed E-state index contributed by atoms with van der Waals surface area (Å²) in [6.45, 7) is 9.30. The molecular formula is C22H31N5O2. The maximum absolute atomic E-state index is 11.5. The number of rotatable bonds is 6. The van der Waals surface area contributed by atoms with Gasteiger partial charge in [-0.15, -0.1) is 0 Å². The summed E-state index contributed by atoms with van der Waals surface area (Å²) in [5.41, 5.74) is 3.89. The van der Waals surface area contributed by atoms with Gasteiger partial charge in [-0.2, -0.15) is 5.10 Å². The van der Waals surface area contributed by atoms with Crippen LogP contribution >= 0.6 is 0 Å². The lowest BCUT2D eigenvalue weighted by atomic mass is 9.95. The number of amides is 2. The molecule has 2 heterocycles. The summed E-state index contributed by atoms with van der Waals surface area (Å²) in [6, 6.07) is 6.49. The van der Waals surface area contributed by atoms with Crippen LogP contribution < -0.4 is 10.2 Å². The quantitative estimate of drug-likeness (QED) is 0.759. The predicted molar refractivity (Wildman–Crippen MR) is 117 cm³/mol. The number of benzene rings is 1. The molecule has 3 rings (SSSR count). The molecule has 7 heteroatoms. The van der Waals surface area contributed by atoms with E-state index in [9.17, 15) is 9.59 Å². The zero-order valence-electron chi connectivity index (χ0n) is 18.0. The van der Waals surface area contributed by atoms with Crippen molar-refractivity contribution in [2.75, 3.05) is 31.6 Å². The first-order chi connectivity index (χ1) is 13.7. The highest BCUT2D eigenvalue weighted by atomic mass is 16.2. The number of aryl methyl sites for hydroxylation is 1. The summed E-state index contributed by atoms with van der Waals surface area (Å²) in [7, 11) is 3.85. The molecule has 1 aromatic heterocycles. The number of nitrogens with one attached hydrogen (secondary N) is 1. The molecule has 0 radical (unpaired) electrons. The van der Waals surface area contributed by atoms with Crippen LogP contribution in [0.5, 0.6) is 0 Å². The number of carbonyl (C=O) groups excluding carboxylic acids is 2. The Labute approximate surface area is 172 Å². The number of nitrogens with zero attached hydrogens (tertiary/aromatic N) is 4. The third-order valence-corrected chi connectivity index (χ3v) is 5.62. The number of fused-ring (bicyclic) bond motifs is 1. The average Bonchev–Trinajstić information content (AvgIpc) is 3.02. The van der Waals surface area contributed by atoms with E-state index < -0.39 is 0 Å². The maximum atomic E-state index is 11.5. The molecule has 156 valence electrons. The average molecular weight is 398 g/mol. The molecule has 2 aromatic rings. The normalized spacial score (nSPS) is 15.3. The largest absolute Gasteiger partial charge is 0.357 e. The van der Waals surface area contributed by atoms with E-state index in [4.69, 9.17) is 0 Å². The molecule has 1 N–H and O–H groups in total. The van der Waals surface area contributed by atoms with Crippen molar-refractivity contribution >= 4 is 34.6 Å². The van der Waals surface area contributed by atoms with E-state index in [2.05, 4.69) is 60.4 Å². The van der Waals surface area contributed by atoms with Crippen molar-refractivity contribution in [2.24, 2.45) is 7.05 Å². The third-order valence-electron chi connectivity index (χ3n) is 5.62. The maximum Gasteiger partial charge on any atom is 0.228 e. The zero-order chi connectivity index (χ0) is 21.2. The standard InChI is InChI=1S/C22H31N5O2/c1-22(2,3)27-12-8-16(9-13-27)17-6-7-18-19(14-17)26(5)24-21(18)25(4)11-10-20(29)23-15-28/h6-8,14-15H,9-13H2,1-5H3,(H,23,28,29). The van der Waals surface area contributed by atoms with E-state index in [0.29, 0.717) is 13.0 Å². The van der Waals surface area contributed by atoms with Crippen LogP contribution in [0.2, 0.25) is 0 Å². The van der Waals surface area contributed by atoms with Gasteiger partial charge in [0.05, 0.1) is 5.52 Å². The smallest absolute Gasteiger partial charge is 0.228 e. The van der Waals surface area contributed by atoms with E-state index >= 15 is 0 Å². The number of hydrogen-bond donors (Lipinski definition) is 1. The van der Waals surface area contributed by atoms with Crippen molar-refractivity contribution in [3.63, 3.8) is 0 Å². The number of hydrogen-bond acceptors (Lipinski definition) is 5. The Bertz CT molecular complexity index is 939. The van der Waals surface area contributed by atoms with Gasteiger partial charge in [0.15, 0.2) is 5.82 Å². The molecule has 0 atom stereocenters. The minimum Gasteiger partial charge on any atom is -0.357 e. The van der Waals surface area contributed by atoms with Gasteiger partial charge in [-0.1, -0.05) is 12.1 Å². The monoisotopic (exact) mass is 397 g/mol. The van der Waals surface area contributed by atoms with Gasteiger partial charge >= 0.3 is 0 Å². The van der Waals surface area contributed by atoms with Gasteiger partial charge in [-0.3, -0.25) is 24.5 Å². The van der Waals surface area contributed by atoms with Gasteiger partial charge in [0, 0.05) is 51.1 Å². The van der Waals surface area contributed by atoms with Crippen LogP contribution in [-0.2, 0) is 16.6 Å². The fourth-order valence-electron chi connectivity index (χ4n) is 3.77. The molecule has 2 amide bonds. The number of anilines is 1. The highest BCUT2D eigenvalue weighted by molar-refractivity contribution is 5.93. The van der Waals surface area contributed by atoms with Gasteiger partial charge in [0.1, 0.15) is 0 Å². The van der Waals surface area contributed by atoms with Gasteiger partial charge in [0.25, 0.3) is 0 Å². The minimum atomic E-state index is -0.289. The molecule has 0 fully saturated rings. The number of carbonyl (C=O) groups is 2. The molecular weight excluding hydrogens is 366 g/mol. The molecule has 29 heavy (non-hydrogen) atoms. The lowest BCUT2D eigenvalue weighted by Gasteiger charge is -2.37. The fourth-order valence-corrected chi connectivity index (χ4v) is 3.77. The van der Waals surface area contributed by atoms with Crippen molar-refractivity contribution < 1.29 is 9.59 Å². The second-order valence-electron chi connectivity index (χ2n) is 8.63. The van der Waals surface area contributed by atoms with E-state index in [0.717, 1.165) is 36.2 Å². The topological polar surface area (TPSA) is 70.5 Å². The molecule has 0 aliphatic carbocycles. The molecule has 0 saturated carbocycles. The Morgan fingerprint density at radius 2 is 2.10 bits per heavy atom.